The van der Waals surface area contributed by atoms with E-state index in [2.05, 4.69) is 21.2 Å². The monoisotopic (exact) mass is 567 g/mol. The molecule has 1 unspecified atom stereocenters. The van der Waals surface area contributed by atoms with Crippen molar-refractivity contribution in [2.45, 2.75) is 71.9 Å². The van der Waals surface area contributed by atoms with E-state index in [4.69, 9.17) is 33.3 Å². The third kappa shape index (κ3) is 6.88. The van der Waals surface area contributed by atoms with Crippen LogP contribution in [-0.4, -0.2) is 45.9 Å². The molecule has 2 aromatic carbocycles. The summed E-state index contributed by atoms with van der Waals surface area (Å²) >= 11 is 11.2. The first-order valence-electron chi connectivity index (χ1n) is 13.2. The van der Waals surface area contributed by atoms with Crippen LogP contribution in [0, 0.1) is 13.8 Å². The second-order valence-corrected chi connectivity index (χ2v) is 11.6. The van der Waals surface area contributed by atoms with Crippen LogP contribution in [0.2, 0.25) is 5.02 Å². The summed E-state index contributed by atoms with van der Waals surface area (Å²) in [6.45, 7) is 10.5. The molecule has 1 N–H and O–H groups in total. The predicted octanol–water partition coefficient (Wildman–Crippen LogP) is 7.76. The second kappa shape index (κ2) is 11.9. The molecule has 0 radical (unpaired) electrons. The molecule has 1 atom stereocenters. The van der Waals surface area contributed by atoms with E-state index in [1.807, 2.05) is 51.7 Å². The van der Waals surface area contributed by atoms with Crippen LogP contribution in [0.25, 0.3) is 22.0 Å². The number of nitrogens with one attached hydrogen (secondary N) is 1. The van der Waals surface area contributed by atoms with E-state index in [1.165, 1.54) is 0 Å². The summed E-state index contributed by atoms with van der Waals surface area (Å²) in [5.41, 5.74) is 3.38. The van der Waals surface area contributed by atoms with Gasteiger partial charge in [0.2, 0.25) is 0 Å². The number of amides is 1. The highest BCUT2D eigenvalue weighted by atomic mass is 35.5. The zero-order chi connectivity index (χ0) is 28.3. The molecule has 7 nitrogen and oxygen atoms in total. The maximum atomic E-state index is 13.4. The van der Waals surface area contributed by atoms with Crippen LogP contribution in [0.1, 0.15) is 57.6 Å². The number of thiocarbonyl (C=S) groups is 1. The molecule has 206 valence electrons. The van der Waals surface area contributed by atoms with Crippen molar-refractivity contribution in [1.29, 1.82) is 0 Å². The molecule has 1 amide bonds. The van der Waals surface area contributed by atoms with Crippen LogP contribution in [-0.2, 0) is 4.74 Å². The van der Waals surface area contributed by atoms with Crippen molar-refractivity contribution >= 4 is 51.7 Å². The lowest BCUT2D eigenvalue weighted by Gasteiger charge is -2.36. The summed E-state index contributed by atoms with van der Waals surface area (Å²) in [5.74, 6) is 0.441. The molecular weight excluding hydrogens is 534 g/mol. The summed E-state index contributed by atoms with van der Waals surface area (Å²) in [7, 11) is 0. The van der Waals surface area contributed by atoms with E-state index in [1.54, 1.807) is 12.1 Å². The molecule has 1 aromatic heterocycles. The number of aromatic nitrogens is 1. The average Bonchev–Trinajstić information content (AvgIpc) is 2.83. The minimum Gasteiger partial charge on any atom is -0.492 e. The number of nitrogens with zero attached hydrogens (tertiary/aromatic N) is 2. The van der Waals surface area contributed by atoms with Crippen LogP contribution in [0.4, 0.5) is 10.5 Å². The fourth-order valence-corrected chi connectivity index (χ4v) is 5.40. The lowest BCUT2D eigenvalue weighted by Crippen LogP contribution is -2.46. The summed E-state index contributed by atoms with van der Waals surface area (Å²) in [6, 6.07) is 9.37. The van der Waals surface area contributed by atoms with E-state index < -0.39 is 5.60 Å². The van der Waals surface area contributed by atoms with Gasteiger partial charge in [-0.05, 0) is 83.8 Å². The Morgan fingerprint density at radius 1 is 1.18 bits per heavy atom. The Balaban J connectivity index is 1.73. The number of halogens is 1. The molecule has 3 aromatic rings. The third-order valence-electron chi connectivity index (χ3n) is 6.66. The molecule has 39 heavy (non-hydrogen) atoms. The van der Waals surface area contributed by atoms with Gasteiger partial charge in [-0.3, -0.25) is 4.79 Å². The van der Waals surface area contributed by atoms with Crippen LogP contribution in [0.3, 0.4) is 0 Å². The van der Waals surface area contributed by atoms with Crippen LogP contribution < -0.4 is 10.3 Å². The van der Waals surface area contributed by atoms with Gasteiger partial charge in [-0.15, -0.1) is 0 Å². The molecule has 0 aliphatic carbocycles. The van der Waals surface area contributed by atoms with Gasteiger partial charge in [-0.25, -0.2) is 4.79 Å². The van der Waals surface area contributed by atoms with Gasteiger partial charge in [-0.2, -0.15) is 4.99 Å². The zero-order valence-corrected chi connectivity index (χ0v) is 24.6. The lowest BCUT2D eigenvalue weighted by atomic mass is 9.98. The van der Waals surface area contributed by atoms with Gasteiger partial charge in [0.15, 0.2) is 0 Å². The zero-order valence-electron chi connectivity index (χ0n) is 23.0. The van der Waals surface area contributed by atoms with Gasteiger partial charge in [0.25, 0.3) is 5.56 Å². The van der Waals surface area contributed by atoms with Crippen molar-refractivity contribution in [1.82, 2.24) is 9.88 Å². The Hall–Kier alpha value is -3.19. The molecule has 1 fully saturated rings. The van der Waals surface area contributed by atoms with Crippen molar-refractivity contribution in [2.24, 2.45) is 4.99 Å². The van der Waals surface area contributed by atoms with Crippen molar-refractivity contribution in [3.05, 3.63) is 56.8 Å². The van der Waals surface area contributed by atoms with E-state index in [0.29, 0.717) is 52.5 Å². The number of H-pyrrole nitrogens is 1. The van der Waals surface area contributed by atoms with Gasteiger partial charge in [0.1, 0.15) is 11.4 Å². The number of carbonyl (C=O) groups is 1. The number of fused-ring (bicyclic) bond motifs is 1. The van der Waals surface area contributed by atoms with Crippen LogP contribution in [0.5, 0.6) is 5.75 Å². The van der Waals surface area contributed by atoms with E-state index in [-0.39, 0.29) is 17.7 Å². The van der Waals surface area contributed by atoms with Crippen molar-refractivity contribution in [3.63, 3.8) is 0 Å². The Kier molecular flexibility index (Phi) is 8.80. The van der Waals surface area contributed by atoms with Gasteiger partial charge < -0.3 is 19.4 Å². The van der Waals surface area contributed by atoms with Gasteiger partial charge in [0, 0.05) is 24.4 Å². The van der Waals surface area contributed by atoms with Gasteiger partial charge in [0.05, 0.1) is 33.6 Å². The fraction of sp³-hybridized carbons (Fsp3) is 0.433. The summed E-state index contributed by atoms with van der Waals surface area (Å²) < 4.78 is 12.1. The largest absolute Gasteiger partial charge is 0.492 e. The number of rotatable bonds is 6. The van der Waals surface area contributed by atoms with E-state index in [0.717, 1.165) is 36.0 Å². The number of hydrogen-bond donors (Lipinski definition) is 1. The number of benzene rings is 2. The molecule has 1 saturated heterocycles. The Morgan fingerprint density at radius 2 is 1.90 bits per heavy atom. The number of aryl methyl sites for hydroxylation is 2. The Bertz CT molecular complexity index is 1480. The number of pyridine rings is 1. The number of piperidine rings is 1. The quantitative estimate of drug-likeness (QED) is 0.243. The smallest absolute Gasteiger partial charge is 0.410 e. The molecule has 0 spiro atoms. The number of ether oxygens (including phenoxy) is 2. The first kappa shape index (κ1) is 28.8. The van der Waals surface area contributed by atoms with Crippen molar-refractivity contribution in [2.75, 3.05) is 13.2 Å². The topological polar surface area (TPSA) is 84.0 Å². The highest BCUT2D eigenvalue weighted by Gasteiger charge is 2.30. The number of aliphatic imine (C=N–C) groups is 1. The number of carbonyl (C=O) groups excluding carboxylic acids is 1. The molecule has 1 aliphatic rings. The Labute approximate surface area is 239 Å². The number of likely N-dealkylation sites (tertiary alicyclic amines) is 1. The van der Waals surface area contributed by atoms with Crippen molar-refractivity contribution in [3.8, 4) is 16.9 Å². The average molecular weight is 568 g/mol. The standard InChI is InChI=1S/C30H34ClN3O4S/c1-18-12-19(2)14-20(13-18)26-27(22-15-25(32-17-39)23(31)16-24(22)33-28(26)35)37-11-9-21-8-6-7-10-34(21)29(36)38-30(3,4)5/h12-16,21H,6-11H2,1-5H3,(H,33,35). The molecule has 0 saturated carbocycles. The molecule has 4 rings (SSSR count). The summed E-state index contributed by atoms with van der Waals surface area (Å²) in [4.78, 5) is 35.2. The summed E-state index contributed by atoms with van der Waals surface area (Å²) in [5, 5.41) is 3.36. The first-order chi connectivity index (χ1) is 18.5. The van der Waals surface area contributed by atoms with Crippen molar-refractivity contribution < 1.29 is 14.3 Å². The molecular formula is C30H34ClN3O4S. The second-order valence-electron chi connectivity index (χ2n) is 11.0. The minimum atomic E-state index is -0.565. The lowest BCUT2D eigenvalue weighted by molar-refractivity contribution is 0.00745. The molecule has 1 aliphatic heterocycles. The highest BCUT2D eigenvalue weighted by molar-refractivity contribution is 7.78. The van der Waals surface area contributed by atoms with E-state index in [9.17, 15) is 9.59 Å². The van der Waals surface area contributed by atoms with Gasteiger partial charge >= 0.3 is 6.09 Å². The SMILES string of the molecule is Cc1cc(C)cc(-c2c(OCCC3CCCCN3C(=O)OC(C)(C)C)c3cc(N=C=S)c(Cl)cc3[nH]c2=O)c1. The van der Waals surface area contributed by atoms with Crippen LogP contribution in [0.15, 0.2) is 40.1 Å². The third-order valence-corrected chi connectivity index (χ3v) is 7.06. The first-order valence-corrected chi connectivity index (χ1v) is 13.9. The molecule has 2 heterocycles. The molecule has 9 heteroatoms. The van der Waals surface area contributed by atoms with Crippen LogP contribution >= 0.6 is 23.8 Å². The normalized spacial score (nSPS) is 15.6. The number of isothiocyanates is 1. The molecule has 0 bridgehead atoms. The predicted molar refractivity (Wildman–Crippen MR) is 160 cm³/mol. The number of aromatic amines is 1. The highest BCUT2D eigenvalue weighted by Crippen LogP contribution is 2.39. The fourth-order valence-electron chi connectivity index (χ4n) is 5.10. The maximum absolute atomic E-state index is 13.4. The van der Waals surface area contributed by atoms with Gasteiger partial charge in [-0.1, -0.05) is 40.9 Å². The Morgan fingerprint density at radius 3 is 2.56 bits per heavy atom. The van der Waals surface area contributed by atoms with E-state index >= 15 is 0 Å². The summed E-state index contributed by atoms with van der Waals surface area (Å²) in [6.07, 6.45) is 3.13. The minimum absolute atomic E-state index is 0.0176. The maximum Gasteiger partial charge on any atom is 0.410 e. The number of hydrogen-bond acceptors (Lipinski definition) is 6.